The summed E-state index contributed by atoms with van der Waals surface area (Å²) in [6.45, 7) is 3.76. The second kappa shape index (κ2) is 5.87. The van der Waals surface area contributed by atoms with Crippen LogP contribution in [0.4, 0.5) is 0 Å². The van der Waals surface area contributed by atoms with Gasteiger partial charge in [0, 0.05) is 6.04 Å². The van der Waals surface area contributed by atoms with E-state index in [2.05, 4.69) is 19.3 Å². The maximum Gasteiger partial charge on any atom is 0.275 e. The zero-order valence-corrected chi connectivity index (χ0v) is 11.0. The summed E-state index contributed by atoms with van der Waals surface area (Å²) in [5.41, 5.74) is 0. The molecule has 0 spiro atoms. The van der Waals surface area contributed by atoms with Gasteiger partial charge in [0.2, 0.25) is 0 Å². The lowest BCUT2D eigenvalue weighted by Gasteiger charge is -2.23. The van der Waals surface area contributed by atoms with Gasteiger partial charge >= 0.3 is 0 Å². The van der Waals surface area contributed by atoms with Gasteiger partial charge < -0.3 is 22.6 Å². The van der Waals surface area contributed by atoms with Crippen LogP contribution in [0.5, 0.6) is 0 Å². The number of fused-ring (bicyclic) bond motifs is 2. The highest BCUT2D eigenvalue weighted by molar-refractivity contribution is 5.77. The molecule has 0 aliphatic heterocycles. The summed E-state index contributed by atoms with van der Waals surface area (Å²) < 4.78 is 0. The zero-order valence-electron chi connectivity index (χ0n) is 10.3. The van der Waals surface area contributed by atoms with Crippen LogP contribution >= 0.6 is 0 Å². The molecule has 0 aromatic rings. The number of hydrogen-bond donors (Lipinski definition) is 2. The number of likely N-dealkylation sites (N-methyl/N-ethyl adjacent to an activating group) is 1. The molecule has 3 nitrogen and oxygen atoms in total. The summed E-state index contributed by atoms with van der Waals surface area (Å²) >= 11 is 0. The summed E-state index contributed by atoms with van der Waals surface area (Å²) in [5, 5.41) is 3.22. The lowest BCUT2D eigenvalue weighted by Crippen LogP contribution is -3.09. The summed E-state index contributed by atoms with van der Waals surface area (Å²) in [6, 6.07) is 0.501. The van der Waals surface area contributed by atoms with Crippen molar-refractivity contribution in [1.29, 1.82) is 0 Å². The van der Waals surface area contributed by atoms with E-state index in [4.69, 9.17) is 0 Å². The van der Waals surface area contributed by atoms with Gasteiger partial charge in [-0.15, -0.1) is 0 Å². The molecule has 4 unspecified atom stereocenters. The van der Waals surface area contributed by atoms with Crippen LogP contribution in [0.15, 0.2) is 0 Å². The Labute approximate surface area is 104 Å². The molecular formula is C12H23ClN2O. The van der Waals surface area contributed by atoms with Crippen LogP contribution in [0.3, 0.4) is 0 Å². The number of rotatable bonds is 4. The number of carbonyl (C=O) groups excluding carboxylic acids is 1. The fraction of sp³-hybridized carbons (Fsp3) is 0.917. The van der Waals surface area contributed by atoms with Gasteiger partial charge in [-0.25, -0.2) is 0 Å². The van der Waals surface area contributed by atoms with E-state index in [1.54, 1.807) is 0 Å². The van der Waals surface area contributed by atoms with Gasteiger partial charge in [0.25, 0.3) is 5.91 Å². The average molecular weight is 247 g/mol. The van der Waals surface area contributed by atoms with Gasteiger partial charge in [0.15, 0.2) is 6.54 Å². The molecular weight excluding hydrogens is 224 g/mol. The molecule has 2 rings (SSSR count). The van der Waals surface area contributed by atoms with Crippen LogP contribution in [0.25, 0.3) is 0 Å². The Bertz CT molecular complexity index is 247. The highest BCUT2D eigenvalue weighted by atomic mass is 35.5. The maximum absolute atomic E-state index is 11.7. The fourth-order valence-corrected chi connectivity index (χ4v) is 3.08. The Morgan fingerprint density at radius 3 is 2.62 bits per heavy atom. The average Bonchev–Trinajstić information content (AvgIpc) is 2.78. The number of carbonyl (C=O) groups is 1. The Balaban J connectivity index is 0.00000128. The smallest absolute Gasteiger partial charge is 0.275 e. The topological polar surface area (TPSA) is 33.5 Å². The largest absolute Gasteiger partial charge is 1.00 e. The van der Waals surface area contributed by atoms with Crippen molar-refractivity contribution in [2.75, 3.05) is 20.1 Å². The number of amides is 1. The first kappa shape index (κ1) is 13.8. The summed E-state index contributed by atoms with van der Waals surface area (Å²) in [4.78, 5) is 13.0. The van der Waals surface area contributed by atoms with Gasteiger partial charge in [-0.1, -0.05) is 6.42 Å². The normalized spacial score (nSPS) is 33.2. The van der Waals surface area contributed by atoms with E-state index < -0.39 is 0 Å². The Hall–Kier alpha value is -0.280. The van der Waals surface area contributed by atoms with Gasteiger partial charge in [0.1, 0.15) is 0 Å². The van der Waals surface area contributed by atoms with Crippen molar-refractivity contribution >= 4 is 5.91 Å². The lowest BCUT2D eigenvalue weighted by atomic mass is 9.95. The van der Waals surface area contributed by atoms with Crippen molar-refractivity contribution in [2.24, 2.45) is 11.8 Å². The molecule has 2 aliphatic rings. The van der Waals surface area contributed by atoms with Crippen molar-refractivity contribution in [3.8, 4) is 0 Å². The van der Waals surface area contributed by atoms with Crippen molar-refractivity contribution in [2.45, 2.75) is 38.6 Å². The van der Waals surface area contributed by atoms with E-state index in [-0.39, 0.29) is 18.3 Å². The molecule has 2 bridgehead atoms. The molecule has 94 valence electrons. The van der Waals surface area contributed by atoms with Gasteiger partial charge in [0.05, 0.1) is 13.6 Å². The predicted molar refractivity (Wildman–Crippen MR) is 59.7 cm³/mol. The first-order chi connectivity index (χ1) is 7.19. The minimum atomic E-state index is 0. The predicted octanol–water partition coefficient (Wildman–Crippen LogP) is -3.17. The third kappa shape index (κ3) is 3.11. The molecule has 0 radical (unpaired) electrons. The molecule has 16 heavy (non-hydrogen) atoms. The molecule has 2 fully saturated rings. The molecule has 1 amide bonds. The first-order valence-corrected chi connectivity index (χ1v) is 6.29. The summed E-state index contributed by atoms with van der Waals surface area (Å²) in [6.07, 6.45) is 5.34. The van der Waals surface area contributed by atoms with Crippen molar-refractivity contribution in [1.82, 2.24) is 5.32 Å². The second-order valence-electron chi connectivity index (χ2n) is 5.34. The molecule has 4 atom stereocenters. The molecule has 0 saturated heterocycles. The Morgan fingerprint density at radius 1 is 1.38 bits per heavy atom. The van der Waals surface area contributed by atoms with Gasteiger partial charge in [-0.3, -0.25) is 4.79 Å². The van der Waals surface area contributed by atoms with Crippen LogP contribution in [-0.4, -0.2) is 32.1 Å². The molecule has 4 heteroatoms. The minimum absolute atomic E-state index is 0. The molecule has 0 heterocycles. The number of quaternary nitrogens is 1. The van der Waals surface area contributed by atoms with Crippen LogP contribution in [-0.2, 0) is 4.79 Å². The van der Waals surface area contributed by atoms with Crippen molar-refractivity contribution in [3.63, 3.8) is 0 Å². The monoisotopic (exact) mass is 246 g/mol. The highest BCUT2D eigenvalue weighted by Gasteiger charge is 2.40. The lowest BCUT2D eigenvalue weighted by molar-refractivity contribution is -0.869. The van der Waals surface area contributed by atoms with Crippen LogP contribution < -0.4 is 22.6 Å². The molecule has 2 saturated carbocycles. The van der Waals surface area contributed by atoms with Crippen LogP contribution in [0.1, 0.15) is 32.6 Å². The van der Waals surface area contributed by atoms with Crippen molar-refractivity contribution in [3.05, 3.63) is 0 Å². The number of halogens is 1. The van der Waals surface area contributed by atoms with E-state index >= 15 is 0 Å². The maximum atomic E-state index is 11.7. The Morgan fingerprint density at radius 2 is 2.12 bits per heavy atom. The molecule has 0 aromatic carbocycles. The number of nitrogens with one attached hydrogen (secondary N) is 2. The third-order valence-corrected chi connectivity index (χ3v) is 4.15. The minimum Gasteiger partial charge on any atom is -1.00 e. The zero-order chi connectivity index (χ0) is 10.8. The van der Waals surface area contributed by atoms with Gasteiger partial charge in [-0.2, -0.15) is 0 Å². The fourth-order valence-electron chi connectivity index (χ4n) is 3.08. The van der Waals surface area contributed by atoms with Crippen LogP contribution in [0.2, 0.25) is 0 Å². The highest BCUT2D eigenvalue weighted by Crippen LogP contribution is 2.44. The van der Waals surface area contributed by atoms with Crippen molar-refractivity contribution < 1.29 is 22.1 Å². The van der Waals surface area contributed by atoms with E-state index in [1.807, 2.05) is 0 Å². The van der Waals surface area contributed by atoms with Crippen LogP contribution in [0, 0.1) is 11.8 Å². The second-order valence-corrected chi connectivity index (χ2v) is 5.34. The number of hydrogen-bond acceptors (Lipinski definition) is 1. The first-order valence-electron chi connectivity index (χ1n) is 6.29. The Kier molecular flexibility index (Phi) is 5.06. The molecule has 0 aromatic heterocycles. The van der Waals surface area contributed by atoms with E-state index in [9.17, 15) is 4.79 Å². The molecule has 2 N–H and O–H groups in total. The summed E-state index contributed by atoms with van der Waals surface area (Å²) in [7, 11) is 2.07. The molecule has 2 aliphatic carbocycles. The van der Waals surface area contributed by atoms with E-state index in [0.717, 1.165) is 18.4 Å². The standard InChI is InChI=1S/C12H22N2O.ClH/c1-3-14(2)8-12(15)13-11-7-9-4-5-10(11)6-9;/h9-11H,3-8H2,1-2H3,(H,13,15);1H. The van der Waals surface area contributed by atoms with E-state index in [0.29, 0.717) is 12.6 Å². The summed E-state index contributed by atoms with van der Waals surface area (Å²) in [5.74, 6) is 1.95. The third-order valence-electron chi connectivity index (χ3n) is 4.15. The van der Waals surface area contributed by atoms with E-state index in [1.165, 1.54) is 30.6 Å². The van der Waals surface area contributed by atoms with Gasteiger partial charge in [-0.05, 0) is 38.0 Å². The quantitative estimate of drug-likeness (QED) is 0.539. The SMILES string of the molecule is CC[NH+](C)CC(=O)NC1CC2CCC1C2.[Cl-].